The maximum absolute atomic E-state index is 12.6. The summed E-state index contributed by atoms with van der Waals surface area (Å²) in [7, 11) is -0.275. The molecule has 1 atom stereocenters. The first-order valence-electron chi connectivity index (χ1n) is 9.81. The number of benzene rings is 2. The van der Waals surface area contributed by atoms with Crippen LogP contribution in [0.25, 0.3) is 0 Å². The van der Waals surface area contributed by atoms with Gasteiger partial charge in [-0.25, -0.2) is 8.42 Å². The van der Waals surface area contributed by atoms with Gasteiger partial charge in [0, 0.05) is 19.0 Å². The third kappa shape index (κ3) is 5.61. The standard InChI is InChI=1S/C22H28N2O6S/c1-22(2)13-19(18-12-17(28-4)10-11-20(18)30-22)23-21(25)14-29-16-8-6-15(7-9-16)24(3)31(5,26)27/h6-12,19H,13-14H2,1-5H3,(H,23,25). The van der Waals surface area contributed by atoms with Crippen molar-refractivity contribution < 1.29 is 27.4 Å². The zero-order valence-electron chi connectivity index (χ0n) is 18.3. The van der Waals surface area contributed by atoms with Crippen LogP contribution in [0.4, 0.5) is 5.69 Å². The summed E-state index contributed by atoms with van der Waals surface area (Å²) in [5.41, 5.74) is 0.941. The molecule has 1 aliphatic heterocycles. The second-order valence-electron chi connectivity index (χ2n) is 8.10. The molecule has 0 saturated heterocycles. The summed E-state index contributed by atoms with van der Waals surface area (Å²) in [5.74, 6) is 1.61. The minimum absolute atomic E-state index is 0.168. The van der Waals surface area contributed by atoms with E-state index in [1.54, 1.807) is 31.4 Å². The number of anilines is 1. The molecule has 1 amide bonds. The van der Waals surface area contributed by atoms with E-state index < -0.39 is 15.6 Å². The van der Waals surface area contributed by atoms with E-state index in [-0.39, 0.29) is 18.6 Å². The quantitative estimate of drug-likeness (QED) is 0.700. The molecule has 0 radical (unpaired) electrons. The molecule has 3 rings (SSSR count). The van der Waals surface area contributed by atoms with Gasteiger partial charge in [0.05, 0.1) is 25.1 Å². The van der Waals surface area contributed by atoms with Crippen LogP contribution in [0.3, 0.4) is 0 Å². The van der Waals surface area contributed by atoms with Crippen molar-refractivity contribution in [3.05, 3.63) is 48.0 Å². The average molecular weight is 449 g/mol. The number of amides is 1. The molecule has 31 heavy (non-hydrogen) atoms. The van der Waals surface area contributed by atoms with E-state index in [1.807, 2.05) is 32.0 Å². The molecular formula is C22H28N2O6S. The van der Waals surface area contributed by atoms with E-state index in [2.05, 4.69) is 5.32 Å². The summed E-state index contributed by atoms with van der Waals surface area (Å²) in [5, 5.41) is 3.01. The highest BCUT2D eigenvalue weighted by atomic mass is 32.2. The third-order valence-corrected chi connectivity index (χ3v) is 6.28. The molecule has 8 nitrogen and oxygen atoms in total. The summed E-state index contributed by atoms with van der Waals surface area (Å²) < 4.78 is 41.3. The fourth-order valence-electron chi connectivity index (χ4n) is 3.42. The van der Waals surface area contributed by atoms with E-state index in [0.29, 0.717) is 29.4 Å². The van der Waals surface area contributed by atoms with Crippen LogP contribution in [-0.2, 0) is 14.8 Å². The fourth-order valence-corrected chi connectivity index (χ4v) is 3.92. The minimum atomic E-state index is -3.34. The summed E-state index contributed by atoms with van der Waals surface area (Å²) >= 11 is 0. The number of nitrogens with one attached hydrogen (secondary N) is 1. The number of nitrogens with zero attached hydrogens (tertiary/aromatic N) is 1. The number of carbonyl (C=O) groups excluding carboxylic acids is 1. The number of methoxy groups -OCH3 is 1. The number of sulfonamides is 1. The molecule has 9 heteroatoms. The number of hydrogen-bond donors (Lipinski definition) is 1. The van der Waals surface area contributed by atoms with Crippen molar-refractivity contribution in [1.82, 2.24) is 5.32 Å². The molecule has 1 heterocycles. The van der Waals surface area contributed by atoms with Gasteiger partial charge in [-0.1, -0.05) is 0 Å². The number of hydrogen-bond acceptors (Lipinski definition) is 6. The monoisotopic (exact) mass is 448 g/mol. The van der Waals surface area contributed by atoms with Gasteiger partial charge in [0.2, 0.25) is 10.0 Å². The van der Waals surface area contributed by atoms with Gasteiger partial charge in [0.15, 0.2) is 6.61 Å². The molecular weight excluding hydrogens is 420 g/mol. The number of rotatable bonds is 7. The number of ether oxygens (including phenoxy) is 3. The highest BCUT2D eigenvalue weighted by molar-refractivity contribution is 7.92. The largest absolute Gasteiger partial charge is 0.497 e. The lowest BCUT2D eigenvalue weighted by atomic mass is 9.89. The maximum atomic E-state index is 12.6. The fraction of sp³-hybridized carbons (Fsp3) is 0.409. The summed E-state index contributed by atoms with van der Waals surface area (Å²) in [6.07, 6.45) is 1.73. The lowest BCUT2D eigenvalue weighted by Gasteiger charge is -2.38. The van der Waals surface area contributed by atoms with Crippen LogP contribution in [0.2, 0.25) is 0 Å². The van der Waals surface area contributed by atoms with Crippen molar-refractivity contribution in [2.75, 3.05) is 31.3 Å². The minimum Gasteiger partial charge on any atom is -0.497 e. The highest BCUT2D eigenvalue weighted by Crippen LogP contribution is 2.41. The number of fused-ring (bicyclic) bond motifs is 1. The molecule has 1 N–H and O–H groups in total. The van der Waals surface area contributed by atoms with Crippen LogP contribution in [0.15, 0.2) is 42.5 Å². The summed E-state index contributed by atoms with van der Waals surface area (Å²) in [6, 6.07) is 11.8. The molecule has 0 fully saturated rings. The second-order valence-corrected chi connectivity index (χ2v) is 10.1. The van der Waals surface area contributed by atoms with Crippen LogP contribution in [-0.4, -0.2) is 46.9 Å². The van der Waals surface area contributed by atoms with Crippen LogP contribution in [0, 0.1) is 0 Å². The predicted octanol–water partition coefficient (Wildman–Crippen LogP) is 2.89. The van der Waals surface area contributed by atoms with Crippen LogP contribution in [0.1, 0.15) is 31.9 Å². The molecule has 2 aromatic carbocycles. The van der Waals surface area contributed by atoms with Crippen molar-refractivity contribution in [1.29, 1.82) is 0 Å². The molecule has 1 unspecified atom stereocenters. The first-order valence-corrected chi connectivity index (χ1v) is 11.7. The third-order valence-electron chi connectivity index (χ3n) is 5.08. The van der Waals surface area contributed by atoms with Gasteiger partial charge < -0.3 is 19.5 Å². The Morgan fingerprint density at radius 3 is 2.45 bits per heavy atom. The molecule has 0 aromatic heterocycles. The van der Waals surface area contributed by atoms with E-state index in [9.17, 15) is 13.2 Å². The van der Waals surface area contributed by atoms with E-state index in [4.69, 9.17) is 14.2 Å². The molecule has 0 bridgehead atoms. The Labute approximate surface area is 183 Å². The topological polar surface area (TPSA) is 94.2 Å². The Kier molecular flexibility index (Phi) is 6.35. The van der Waals surface area contributed by atoms with E-state index in [0.717, 1.165) is 11.8 Å². The van der Waals surface area contributed by atoms with Gasteiger partial charge in [-0.2, -0.15) is 0 Å². The molecule has 2 aromatic rings. The molecule has 168 valence electrons. The maximum Gasteiger partial charge on any atom is 0.258 e. The molecule has 0 aliphatic carbocycles. The Hall–Kier alpha value is -2.94. The van der Waals surface area contributed by atoms with E-state index in [1.165, 1.54) is 11.4 Å². The number of carbonyl (C=O) groups is 1. The van der Waals surface area contributed by atoms with Crippen molar-refractivity contribution in [2.24, 2.45) is 0 Å². The van der Waals surface area contributed by atoms with Crippen LogP contribution in [0.5, 0.6) is 17.2 Å². The highest BCUT2D eigenvalue weighted by Gasteiger charge is 2.34. The Balaban J connectivity index is 1.65. The normalized spacial score (nSPS) is 17.1. The zero-order valence-corrected chi connectivity index (χ0v) is 19.2. The lowest BCUT2D eigenvalue weighted by Crippen LogP contribution is -2.42. The van der Waals surface area contributed by atoms with Crippen LogP contribution >= 0.6 is 0 Å². The Morgan fingerprint density at radius 2 is 1.84 bits per heavy atom. The van der Waals surface area contributed by atoms with Crippen molar-refractivity contribution >= 4 is 21.6 Å². The van der Waals surface area contributed by atoms with Gasteiger partial charge >= 0.3 is 0 Å². The first-order chi connectivity index (χ1) is 14.5. The van der Waals surface area contributed by atoms with Crippen molar-refractivity contribution in [2.45, 2.75) is 31.9 Å². The Morgan fingerprint density at radius 1 is 1.19 bits per heavy atom. The van der Waals surface area contributed by atoms with Crippen LogP contribution < -0.4 is 23.8 Å². The second kappa shape index (κ2) is 8.66. The molecule has 0 spiro atoms. The molecule has 1 aliphatic rings. The average Bonchev–Trinajstić information content (AvgIpc) is 2.70. The molecule has 0 saturated carbocycles. The lowest BCUT2D eigenvalue weighted by molar-refractivity contribution is -0.124. The first kappa shape index (κ1) is 22.7. The SMILES string of the molecule is COc1ccc2c(c1)C(NC(=O)COc1ccc(N(C)S(C)(=O)=O)cc1)CC(C)(C)O2. The summed E-state index contributed by atoms with van der Waals surface area (Å²) in [6.45, 7) is 3.79. The van der Waals surface area contributed by atoms with Gasteiger partial charge in [0.25, 0.3) is 5.91 Å². The smallest absolute Gasteiger partial charge is 0.258 e. The summed E-state index contributed by atoms with van der Waals surface area (Å²) in [4.78, 5) is 12.6. The van der Waals surface area contributed by atoms with Gasteiger partial charge in [-0.15, -0.1) is 0 Å². The van der Waals surface area contributed by atoms with Crippen molar-refractivity contribution in [3.63, 3.8) is 0 Å². The van der Waals surface area contributed by atoms with Crippen molar-refractivity contribution in [3.8, 4) is 17.2 Å². The van der Waals surface area contributed by atoms with Gasteiger partial charge in [-0.3, -0.25) is 9.10 Å². The van der Waals surface area contributed by atoms with Gasteiger partial charge in [-0.05, 0) is 56.3 Å². The van der Waals surface area contributed by atoms with Gasteiger partial charge in [0.1, 0.15) is 22.8 Å². The van der Waals surface area contributed by atoms with E-state index >= 15 is 0 Å². The predicted molar refractivity (Wildman–Crippen MR) is 118 cm³/mol. The Bertz CT molecular complexity index is 1050. The zero-order chi connectivity index (χ0) is 22.8.